The molecule has 2 aliphatic heterocycles. The Hall–Kier alpha value is -2.55. The average molecular weight is 375 g/mol. The van der Waals surface area contributed by atoms with Gasteiger partial charge >= 0.3 is 0 Å². The van der Waals surface area contributed by atoms with Crippen LogP contribution < -0.4 is 14.0 Å². The van der Waals surface area contributed by atoms with Crippen LogP contribution in [0.3, 0.4) is 0 Å². The lowest BCUT2D eigenvalue weighted by Crippen LogP contribution is -2.67. The van der Waals surface area contributed by atoms with Gasteiger partial charge in [0.1, 0.15) is 13.2 Å². The molecule has 3 nitrogen and oxygen atoms in total. The van der Waals surface area contributed by atoms with Crippen molar-refractivity contribution >= 4 is 10.8 Å². The standard InChI is InChI=1S/C25H28NO2/c1-5-24(3)20-16-22-21(27-13-14-28-22)15-19(20)23-18-10-8-7-9-17(18)11-12-26(23)25(24,4)6-2/h7-12,15-16H,5-6,13-14H2,1-4H3/q+1. The minimum absolute atomic E-state index is 0.00690. The fourth-order valence-corrected chi connectivity index (χ4v) is 5.33. The Bertz CT molecular complexity index is 1090. The van der Waals surface area contributed by atoms with Crippen molar-refractivity contribution in [3.05, 3.63) is 54.2 Å². The molecule has 3 aromatic rings. The van der Waals surface area contributed by atoms with E-state index in [0.29, 0.717) is 13.2 Å². The monoisotopic (exact) mass is 374 g/mol. The predicted molar refractivity (Wildman–Crippen MR) is 112 cm³/mol. The number of rotatable bonds is 2. The van der Waals surface area contributed by atoms with Crippen LogP contribution in [0.1, 0.15) is 46.1 Å². The van der Waals surface area contributed by atoms with Crippen LogP contribution in [0.4, 0.5) is 0 Å². The first-order valence-electron chi connectivity index (χ1n) is 10.4. The van der Waals surface area contributed by atoms with E-state index in [9.17, 15) is 0 Å². The van der Waals surface area contributed by atoms with E-state index in [1.165, 1.54) is 27.6 Å². The summed E-state index contributed by atoms with van der Waals surface area (Å²) in [4.78, 5) is 0. The van der Waals surface area contributed by atoms with Gasteiger partial charge in [0.25, 0.3) is 0 Å². The smallest absolute Gasteiger partial charge is 0.221 e. The minimum atomic E-state index is -0.0299. The molecule has 0 amide bonds. The van der Waals surface area contributed by atoms with Gasteiger partial charge in [-0.3, -0.25) is 0 Å². The summed E-state index contributed by atoms with van der Waals surface area (Å²) in [6, 6.07) is 15.4. The molecule has 0 fully saturated rings. The second kappa shape index (κ2) is 5.97. The largest absolute Gasteiger partial charge is 0.486 e. The van der Waals surface area contributed by atoms with Gasteiger partial charge in [0.2, 0.25) is 5.69 Å². The lowest BCUT2D eigenvalue weighted by molar-refractivity contribution is -0.764. The van der Waals surface area contributed by atoms with E-state index in [1.54, 1.807) is 0 Å². The average Bonchev–Trinajstić information content (AvgIpc) is 2.75. The summed E-state index contributed by atoms with van der Waals surface area (Å²) in [5.74, 6) is 1.75. The number of hydrogen-bond acceptors (Lipinski definition) is 2. The van der Waals surface area contributed by atoms with Crippen LogP contribution in [0.5, 0.6) is 11.5 Å². The van der Waals surface area contributed by atoms with Crippen molar-refractivity contribution in [1.82, 2.24) is 0 Å². The Labute approximate surface area is 166 Å². The van der Waals surface area contributed by atoms with E-state index in [-0.39, 0.29) is 11.0 Å². The van der Waals surface area contributed by atoms with Crippen LogP contribution in [0.25, 0.3) is 22.0 Å². The topological polar surface area (TPSA) is 22.3 Å². The van der Waals surface area contributed by atoms with Crippen LogP contribution in [0.2, 0.25) is 0 Å². The van der Waals surface area contributed by atoms with Gasteiger partial charge in [-0.25, -0.2) is 0 Å². The summed E-state index contributed by atoms with van der Waals surface area (Å²) >= 11 is 0. The summed E-state index contributed by atoms with van der Waals surface area (Å²) in [5, 5.41) is 2.56. The first-order chi connectivity index (χ1) is 13.5. The Morgan fingerprint density at radius 1 is 0.929 bits per heavy atom. The molecule has 0 radical (unpaired) electrons. The lowest BCUT2D eigenvalue weighted by atomic mass is 9.60. The molecule has 0 aliphatic carbocycles. The second-order valence-corrected chi connectivity index (χ2v) is 8.48. The molecule has 1 aromatic heterocycles. The Kier molecular flexibility index (Phi) is 3.74. The molecule has 2 atom stereocenters. The maximum Gasteiger partial charge on any atom is 0.221 e. The van der Waals surface area contributed by atoms with Crippen molar-refractivity contribution in [3.8, 4) is 22.8 Å². The molecule has 0 N–H and O–H groups in total. The van der Waals surface area contributed by atoms with Crippen LogP contribution in [-0.2, 0) is 11.0 Å². The number of aromatic nitrogens is 1. The fraction of sp³-hybridized carbons (Fsp3) is 0.400. The summed E-state index contributed by atoms with van der Waals surface area (Å²) in [6.07, 6.45) is 4.40. The normalized spacial score (nSPS) is 25.3. The molecule has 28 heavy (non-hydrogen) atoms. The molecular weight excluding hydrogens is 346 g/mol. The number of fused-ring (bicyclic) bond motifs is 6. The third-order valence-corrected chi connectivity index (χ3v) is 7.51. The molecule has 0 spiro atoms. The maximum atomic E-state index is 5.97. The van der Waals surface area contributed by atoms with Gasteiger partial charge in [-0.2, -0.15) is 4.57 Å². The Morgan fingerprint density at radius 3 is 2.36 bits per heavy atom. The van der Waals surface area contributed by atoms with Crippen LogP contribution in [0, 0.1) is 0 Å². The maximum absolute atomic E-state index is 5.97. The molecule has 0 saturated carbocycles. The van der Waals surface area contributed by atoms with E-state index in [2.05, 4.69) is 80.9 Å². The van der Waals surface area contributed by atoms with Gasteiger partial charge in [-0.05, 0) is 42.5 Å². The number of ether oxygens (including phenoxy) is 2. The number of benzene rings is 2. The van der Waals surface area contributed by atoms with E-state index in [0.717, 1.165) is 24.3 Å². The highest BCUT2D eigenvalue weighted by molar-refractivity contribution is 5.94. The first kappa shape index (κ1) is 17.5. The highest BCUT2D eigenvalue weighted by Gasteiger charge is 2.57. The molecule has 0 saturated heterocycles. The van der Waals surface area contributed by atoms with Crippen LogP contribution in [0.15, 0.2) is 48.7 Å². The molecule has 3 heteroatoms. The van der Waals surface area contributed by atoms with Crippen LogP contribution >= 0.6 is 0 Å². The zero-order valence-corrected chi connectivity index (χ0v) is 17.2. The zero-order chi connectivity index (χ0) is 19.5. The van der Waals surface area contributed by atoms with Crippen molar-refractivity contribution in [2.24, 2.45) is 0 Å². The molecule has 5 rings (SSSR count). The quantitative estimate of drug-likeness (QED) is 0.563. The first-order valence-corrected chi connectivity index (χ1v) is 10.4. The minimum Gasteiger partial charge on any atom is -0.486 e. The number of hydrogen-bond donors (Lipinski definition) is 0. The molecule has 2 aliphatic rings. The Morgan fingerprint density at radius 2 is 1.64 bits per heavy atom. The second-order valence-electron chi connectivity index (χ2n) is 8.48. The van der Waals surface area contributed by atoms with Gasteiger partial charge in [-0.15, -0.1) is 0 Å². The molecule has 2 aromatic carbocycles. The Balaban J connectivity index is 1.95. The molecule has 0 bridgehead atoms. The van der Waals surface area contributed by atoms with E-state index in [4.69, 9.17) is 9.47 Å². The van der Waals surface area contributed by atoms with Crippen molar-refractivity contribution in [2.45, 2.75) is 51.5 Å². The summed E-state index contributed by atoms with van der Waals surface area (Å²) in [7, 11) is 0. The van der Waals surface area contributed by atoms with Gasteiger partial charge < -0.3 is 9.47 Å². The summed E-state index contributed by atoms with van der Waals surface area (Å²) < 4.78 is 14.5. The summed E-state index contributed by atoms with van der Waals surface area (Å²) in [6.45, 7) is 10.7. The van der Waals surface area contributed by atoms with E-state index < -0.39 is 0 Å². The molecular formula is C25H28NO2+. The third kappa shape index (κ3) is 2.08. The van der Waals surface area contributed by atoms with E-state index in [1.807, 2.05) is 0 Å². The van der Waals surface area contributed by atoms with Crippen molar-refractivity contribution in [3.63, 3.8) is 0 Å². The van der Waals surface area contributed by atoms with Crippen molar-refractivity contribution in [1.29, 1.82) is 0 Å². The molecule has 2 unspecified atom stereocenters. The van der Waals surface area contributed by atoms with Gasteiger partial charge in [-0.1, -0.05) is 32.0 Å². The fourth-order valence-electron chi connectivity index (χ4n) is 5.33. The molecule has 3 heterocycles. The molecule has 144 valence electrons. The van der Waals surface area contributed by atoms with Crippen molar-refractivity contribution in [2.75, 3.05) is 13.2 Å². The lowest BCUT2D eigenvalue weighted by Gasteiger charge is -2.46. The zero-order valence-electron chi connectivity index (χ0n) is 17.2. The van der Waals surface area contributed by atoms with Gasteiger partial charge in [0.15, 0.2) is 23.2 Å². The van der Waals surface area contributed by atoms with Gasteiger partial charge in [0, 0.05) is 19.4 Å². The predicted octanol–water partition coefficient (Wildman–Crippen LogP) is 5.37. The van der Waals surface area contributed by atoms with Crippen LogP contribution in [-0.4, -0.2) is 13.2 Å². The van der Waals surface area contributed by atoms with Crippen molar-refractivity contribution < 1.29 is 14.0 Å². The highest BCUT2D eigenvalue weighted by atomic mass is 16.6. The SMILES string of the molecule is CCC1(C)c2cc3c(cc2-c2c4ccccc4cc[n+]2C1(C)CC)OCCO3. The summed E-state index contributed by atoms with van der Waals surface area (Å²) in [5.41, 5.74) is 3.90. The van der Waals surface area contributed by atoms with E-state index >= 15 is 0 Å². The number of pyridine rings is 1. The third-order valence-electron chi connectivity index (χ3n) is 7.51. The van der Waals surface area contributed by atoms with Gasteiger partial charge in [0.05, 0.1) is 16.4 Å². The number of nitrogens with zero attached hydrogens (tertiary/aromatic N) is 1. The highest BCUT2D eigenvalue weighted by Crippen LogP contribution is 2.53.